The first kappa shape index (κ1) is 17.8. The molecule has 0 spiro atoms. The molecule has 0 bridgehead atoms. The summed E-state index contributed by atoms with van der Waals surface area (Å²) >= 11 is 0. The van der Waals surface area contributed by atoms with Crippen molar-refractivity contribution in [1.29, 1.82) is 0 Å². The molecular formula is C12H22N2O6Si. The van der Waals surface area contributed by atoms with Gasteiger partial charge in [-0.25, -0.2) is 4.79 Å². The Morgan fingerprint density at radius 2 is 2.05 bits per heavy atom. The Labute approximate surface area is 122 Å². The number of rotatable bonds is 3. The van der Waals surface area contributed by atoms with E-state index in [1.165, 1.54) is 10.8 Å². The van der Waals surface area contributed by atoms with Gasteiger partial charge in [0.1, 0.15) is 12.3 Å². The van der Waals surface area contributed by atoms with E-state index in [1.54, 1.807) is 0 Å². The largest absolute Gasteiger partial charge is 0.412 e. The highest BCUT2D eigenvalue weighted by Crippen LogP contribution is 2.26. The summed E-state index contributed by atoms with van der Waals surface area (Å²) in [4.78, 5) is 26.1. The predicted molar refractivity (Wildman–Crippen MR) is 79.5 cm³/mol. The quantitative estimate of drug-likeness (QED) is 0.548. The zero-order chi connectivity index (χ0) is 15.1. The number of aromatic nitrogens is 2. The normalized spacial score (nSPS) is 25.7. The van der Waals surface area contributed by atoms with E-state index in [1.807, 2.05) is 19.6 Å². The maximum atomic E-state index is 11.9. The number of aliphatic hydroxyl groups excluding tert-OH is 2. The molecule has 1 aliphatic rings. The highest BCUT2D eigenvalue weighted by molar-refractivity contribution is 6.88. The van der Waals surface area contributed by atoms with E-state index in [0.717, 1.165) is 0 Å². The molecule has 1 saturated heterocycles. The molecule has 1 fully saturated rings. The smallest absolute Gasteiger partial charge is 0.330 e. The summed E-state index contributed by atoms with van der Waals surface area (Å²) in [5.41, 5.74) is -0.921. The summed E-state index contributed by atoms with van der Waals surface area (Å²) in [5, 5.41) is 19.4. The molecule has 1 aliphatic heterocycles. The third kappa shape index (κ3) is 3.50. The van der Waals surface area contributed by atoms with Gasteiger partial charge in [0.25, 0.3) is 5.56 Å². The van der Waals surface area contributed by atoms with Gasteiger partial charge in [-0.05, 0) is 0 Å². The molecule has 120 valence electrons. The molecule has 0 saturated carbocycles. The van der Waals surface area contributed by atoms with Gasteiger partial charge in [-0.3, -0.25) is 14.3 Å². The second-order valence-corrected chi connectivity index (χ2v) is 11.1. The fourth-order valence-corrected chi connectivity index (χ4v) is 3.55. The van der Waals surface area contributed by atoms with Crippen LogP contribution in [0.2, 0.25) is 19.6 Å². The van der Waals surface area contributed by atoms with E-state index >= 15 is 0 Å². The zero-order valence-electron chi connectivity index (χ0n) is 12.3. The van der Waals surface area contributed by atoms with Crippen molar-refractivity contribution in [2.75, 3.05) is 6.61 Å². The van der Waals surface area contributed by atoms with Gasteiger partial charge in [-0.2, -0.15) is 0 Å². The molecule has 0 aromatic carbocycles. The van der Waals surface area contributed by atoms with Crippen LogP contribution < -0.4 is 16.4 Å². The van der Waals surface area contributed by atoms with E-state index in [4.69, 9.17) is 9.84 Å². The fraction of sp³-hybridized carbons (Fsp3) is 0.667. The second-order valence-electron chi connectivity index (χ2n) is 6.07. The van der Waals surface area contributed by atoms with Crippen LogP contribution >= 0.6 is 0 Å². The van der Waals surface area contributed by atoms with Crippen molar-refractivity contribution in [3.05, 3.63) is 27.0 Å². The first-order chi connectivity index (χ1) is 9.24. The van der Waals surface area contributed by atoms with Crippen LogP contribution in [0.1, 0.15) is 12.6 Å². The van der Waals surface area contributed by atoms with Crippen molar-refractivity contribution < 1.29 is 20.4 Å². The van der Waals surface area contributed by atoms with Gasteiger partial charge in [0.15, 0.2) is 0 Å². The molecular weight excluding hydrogens is 296 g/mol. The minimum Gasteiger partial charge on any atom is -0.412 e. The van der Waals surface area contributed by atoms with E-state index in [0.29, 0.717) is 5.19 Å². The van der Waals surface area contributed by atoms with E-state index < -0.39 is 32.2 Å². The molecule has 0 aliphatic carbocycles. The number of nitrogens with zero attached hydrogens (tertiary/aromatic N) is 1. The van der Waals surface area contributed by atoms with Crippen LogP contribution in [0.3, 0.4) is 0 Å². The Kier molecular flexibility index (Phi) is 5.28. The lowest BCUT2D eigenvalue weighted by Crippen LogP contribution is -2.52. The minimum atomic E-state index is -1.90. The van der Waals surface area contributed by atoms with Gasteiger partial charge in [-0.15, -0.1) is 0 Å². The summed E-state index contributed by atoms with van der Waals surface area (Å²) in [6, 6.07) is 0. The number of hydrogen-bond acceptors (Lipinski definition) is 5. The Hall–Kier alpha value is -1.26. The van der Waals surface area contributed by atoms with Gasteiger partial charge in [0.05, 0.1) is 20.8 Å². The summed E-state index contributed by atoms with van der Waals surface area (Å²) in [7, 11) is -1.90. The van der Waals surface area contributed by atoms with Crippen molar-refractivity contribution in [2.45, 2.75) is 44.5 Å². The molecule has 0 amide bonds. The molecule has 8 nitrogen and oxygen atoms in total. The number of ether oxygens (including phenoxy) is 1. The van der Waals surface area contributed by atoms with Crippen molar-refractivity contribution in [3.63, 3.8) is 0 Å². The molecule has 1 aromatic heterocycles. The Morgan fingerprint density at radius 1 is 1.43 bits per heavy atom. The average Bonchev–Trinajstić information content (AvgIpc) is 2.68. The Bertz CT molecular complexity index is 605. The molecule has 1 aromatic rings. The maximum Gasteiger partial charge on any atom is 0.330 e. The molecule has 0 unspecified atom stereocenters. The van der Waals surface area contributed by atoms with Crippen LogP contribution in [0.4, 0.5) is 0 Å². The van der Waals surface area contributed by atoms with Crippen molar-refractivity contribution in [3.8, 4) is 0 Å². The van der Waals surface area contributed by atoms with Crippen molar-refractivity contribution >= 4 is 13.3 Å². The third-order valence-electron chi connectivity index (χ3n) is 3.47. The molecule has 2 rings (SSSR count). The maximum absolute atomic E-state index is 11.9. The highest BCUT2D eigenvalue weighted by Gasteiger charge is 2.35. The number of H-pyrrole nitrogens is 1. The zero-order valence-corrected chi connectivity index (χ0v) is 13.3. The van der Waals surface area contributed by atoms with E-state index in [-0.39, 0.29) is 24.1 Å². The fourth-order valence-electron chi connectivity index (χ4n) is 2.28. The summed E-state index contributed by atoms with van der Waals surface area (Å²) < 4.78 is 6.75. The first-order valence-corrected chi connectivity index (χ1v) is 10.0. The van der Waals surface area contributed by atoms with Gasteiger partial charge in [0.2, 0.25) is 0 Å². The van der Waals surface area contributed by atoms with Crippen LogP contribution in [0.5, 0.6) is 0 Å². The number of nitrogens with one attached hydrogen (secondary N) is 1. The van der Waals surface area contributed by atoms with Crippen LogP contribution in [0, 0.1) is 0 Å². The topological polar surface area (TPSA) is 136 Å². The molecule has 5 N–H and O–H groups in total. The SMILES string of the molecule is C[Si](C)(C)c1cn([C@@H]2C[C@H](O)[C@@H](CO)O2)c(=O)[nH]c1=O.O. The van der Waals surface area contributed by atoms with Gasteiger partial charge in [0, 0.05) is 17.8 Å². The standard InChI is InChI=1S/C12H20N2O5Si.H2O/c1-20(2,3)9-5-14(12(18)13-11(9)17)10-4-7(16)8(6-15)19-10;/h5,7-8,10,15-16H,4,6H2,1-3H3,(H,13,17,18);1H2/t7-,8+,10-;/m0./s1. The van der Waals surface area contributed by atoms with Crippen molar-refractivity contribution in [2.24, 2.45) is 0 Å². The molecule has 0 radical (unpaired) electrons. The van der Waals surface area contributed by atoms with E-state index in [9.17, 15) is 14.7 Å². The Morgan fingerprint density at radius 3 is 2.52 bits per heavy atom. The lowest BCUT2D eigenvalue weighted by molar-refractivity contribution is -0.0458. The molecule has 9 heteroatoms. The predicted octanol–water partition coefficient (Wildman–Crippen LogP) is -2.10. The molecule has 21 heavy (non-hydrogen) atoms. The van der Waals surface area contributed by atoms with Gasteiger partial charge in [-0.1, -0.05) is 19.6 Å². The minimum absolute atomic E-state index is 0. The summed E-state index contributed by atoms with van der Waals surface area (Å²) in [5.74, 6) is 0. The first-order valence-electron chi connectivity index (χ1n) is 6.54. The van der Waals surface area contributed by atoms with Crippen molar-refractivity contribution in [1.82, 2.24) is 9.55 Å². The number of aliphatic hydroxyl groups is 2. The lowest BCUT2D eigenvalue weighted by Gasteiger charge is -2.19. The Balaban J connectivity index is 0.00000220. The number of aromatic amines is 1. The summed E-state index contributed by atoms with van der Waals surface area (Å²) in [6.45, 7) is 5.71. The van der Waals surface area contributed by atoms with E-state index in [2.05, 4.69) is 4.98 Å². The molecule has 2 heterocycles. The van der Waals surface area contributed by atoms with Crippen LogP contribution in [-0.4, -0.2) is 52.1 Å². The van der Waals surface area contributed by atoms with Crippen LogP contribution in [-0.2, 0) is 4.74 Å². The van der Waals surface area contributed by atoms with Gasteiger partial charge >= 0.3 is 5.69 Å². The summed E-state index contributed by atoms with van der Waals surface area (Å²) in [6.07, 6.45) is -0.442. The second kappa shape index (κ2) is 6.24. The molecule has 3 atom stereocenters. The number of hydrogen-bond donors (Lipinski definition) is 3. The average molecular weight is 318 g/mol. The lowest BCUT2D eigenvalue weighted by atomic mass is 10.2. The highest BCUT2D eigenvalue weighted by atomic mass is 28.3. The van der Waals surface area contributed by atoms with Crippen LogP contribution in [0.15, 0.2) is 15.8 Å². The van der Waals surface area contributed by atoms with Gasteiger partial charge < -0.3 is 20.4 Å². The monoisotopic (exact) mass is 318 g/mol. The third-order valence-corrected chi connectivity index (χ3v) is 5.44. The van der Waals surface area contributed by atoms with Crippen LogP contribution in [0.25, 0.3) is 0 Å².